The van der Waals surface area contributed by atoms with Gasteiger partial charge in [0.05, 0.1) is 11.1 Å². The molecule has 10 heteroatoms. The molecule has 3 aromatic rings. The number of amides is 3. The molecule has 33 heavy (non-hydrogen) atoms. The Kier molecular flexibility index (Phi) is 6.97. The Balaban J connectivity index is 1.73. The number of rotatable bonds is 7. The van der Waals surface area contributed by atoms with Crippen LogP contribution in [0.4, 0.5) is 24.5 Å². The second-order valence-corrected chi connectivity index (χ2v) is 6.82. The minimum atomic E-state index is -4.54. The average molecular weight is 457 g/mol. The first-order chi connectivity index (χ1) is 15.6. The van der Waals surface area contributed by atoms with E-state index in [0.717, 1.165) is 12.1 Å². The number of hydrogen-bond donors (Lipinski definition) is 3. The van der Waals surface area contributed by atoms with Gasteiger partial charge in [0, 0.05) is 16.9 Å². The summed E-state index contributed by atoms with van der Waals surface area (Å²) in [6.07, 6.45) is -4.54. The summed E-state index contributed by atoms with van der Waals surface area (Å²) in [5.74, 6) is -1.78. The summed E-state index contributed by atoms with van der Waals surface area (Å²) < 4.78 is 43.9. The van der Waals surface area contributed by atoms with Crippen molar-refractivity contribution in [3.63, 3.8) is 0 Å². The highest BCUT2D eigenvalue weighted by atomic mass is 19.4. The van der Waals surface area contributed by atoms with Crippen LogP contribution in [0, 0.1) is 0 Å². The summed E-state index contributed by atoms with van der Waals surface area (Å²) in [6, 6.07) is 16.3. The lowest BCUT2D eigenvalue weighted by Gasteiger charge is -2.12. The van der Waals surface area contributed by atoms with Gasteiger partial charge in [-0.15, -0.1) is 0 Å². The van der Waals surface area contributed by atoms with Gasteiger partial charge in [-0.25, -0.2) is 0 Å². The van der Waals surface area contributed by atoms with Crippen molar-refractivity contribution in [1.82, 2.24) is 0 Å². The van der Waals surface area contributed by atoms with E-state index in [4.69, 9.17) is 10.5 Å². The molecule has 0 bridgehead atoms. The monoisotopic (exact) mass is 457 g/mol. The average Bonchev–Trinajstić information content (AvgIpc) is 2.77. The summed E-state index contributed by atoms with van der Waals surface area (Å²) >= 11 is 0. The third kappa shape index (κ3) is 6.33. The minimum absolute atomic E-state index is 0.0233. The molecule has 0 atom stereocenters. The number of benzene rings is 3. The van der Waals surface area contributed by atoms with Crippen molar-refractivity contribution in [3.8, 4) is 5.75 Å². The summed E-state index contributed by atoms with van der Waals surface area (Å²) in [5.41, 5.74) is 4.66. The summed E-state index contributed by atoms with van der Waals surface area (Å²) in [7, 11) is 0. The van der Waals surface area contributed by atoms with Crippen molar-refractivity contribution in [1.29, 1.82) is 0 Å². The molecular weight excluding hydrogens is 439 g/mol. The number of anilines is 2. The van der Waals surface area contributed by atoms with Crippen LogP contribution < -0.4 is 21.1 Å². The molecule has 7 nitrogen and oxygen atoms in total. The van der Waals surface area contributed by atoms with Crippen LogP contribution in [0.3, 0.4) is 0 Å². The van der Waals surface area contributed by atoms with Gasteiger partial charge in [0.1, 0.15) is 5.75 Å². The van der Waals surface area contributed by atoms with Gasteiger partial charge in [0.2, 0.25) is 0 Å². The van der Waals surface area contributed by atoms with Crippen LogP contribution in [-0.4, -0.2) is 24.3 Å². The van der Waals surface area contributed by atoms with Crippen molar-refractivity contribution < 1.29 is 32.3 Å². The van der Waals surface area contributed by atoms with Gasteiger partial charge in [-0.1, -0.05) is 24.3 Å². The lowest BCUT2D eigenvalue weighted by molar-refractivity contribution is -0.137. The molecule has 0 saturated carbocycles. The molecule has 0 aromatic heterocycles. The van der Waals surface area contributed by atoms with Crippen molar-refractivity contribution in [2.45, 2.75) is 6.18 Å². The maximum atomic E-state index is 12.9. The second kappa shape index (κ2) is 9.86. The molecule has 0 aliphatic rings. The largest absolute Gasteiger partial charge is 0.483 e. The lowest BCUT2D eigenvalue weighted by atomic mass is 10.1. The molecule has 4 N–H and O–H groups in total. The number of primary amides is 1. The Morgan fingerprint density at radius 1 is 0.818 bits per heavy atom. The van der Waals surface area contributed by atoms with Crippen molar-refractivity contribution in [2.24, 2.45) is 5.73 Å². The molecule has 0 unspecified atom stereocenters. The molecule has 0 saturated heterocycles. The fraction of sp³-hybridized carbons (Fsp3) is 0.0870. The second-order valence-electron chi connectivity index (χ2n) is 6.82. The van der Waals surface area contributed by atoms with Crippen LogP contribution in [0.2, 0.25) is 0 Å². The number of alkyl halides is 3. The highest BCUT2D eigenvalue weighted by Gasteiger charge is 2.30. The first-order valence-electron chi connectivity index (χ1n) is 9.53. The third-order valence-electron chi connectivity index (χ3n) is 4.33. The first-order valence-corrected chi connectivity index (χ1v) is 9.53. The molecule has 3 amide bonds. The highest BCUT2D eigenvalue weighted by Crippen LogP contribution is 2.30. The molecule has 0 spiro atoms. The molecule has 0 aliphatic heterocycles. The number of carbonyl (C=O) groups is 3. The van der Waals surface area contributed by atoms with Gasteiger partial charge >= 0.3 is 6.18 Å². The van der Waals surface area contributed by atoms with Crippen LogP contribution in [0.1, 0.15) is 26.3 Å². The normalized spacial score (nSPS) is 10.9. The van der Waals surface area contributed by atoms with Crippen molar-refractivity contribution >= 4 is 29.1 Å². The van der Waals surface area contributed by atoms with Crippen LogP contribution >= 0.6 is 0 Å². The van der Waals surface area contributed by atoms with Gasteiger partial charge in [0.15, 0.2) is 6.61 Å². The Hall–Kier alpha value is -4.34. The minimum Gasteiger partial charge on any atom is -0.483 e. The molecule has 0 radical (unpaired) electrons. The lowest BCUT2D eigenvalue weighted by Crippen LogP contribution is -2.21. The number of para-hydroxylation sites is 1. The quantitative estimate of drug-likeness (QED) is 0.497. The smallest absolute Gasteiger partial charge is 0.416 e. The number of halogens is 3. The van der Waals surface area contributed by atoms with E-state index in [2.05, 4.69) is 10.6 Å². The Labute approximate surface area is 186 Å². The molecule has 0 heterocycles. The predicted molar refractivity (Wildman–Crippen MR) is 115 cm³/mol. The summed E-state index contributed by atoms with van der Waals surface area (Å²) in [6.45, 7) is -0.407. The maximum Gasteiger partial charge on any atom is 0.416 e. The molecule has 3 aromatic carbocycles. The SMILES string of the molecule is NC(=O)COc1ccccc1C(=O)Nc1cccc(C(=O)Nc2cccc(C(F)(F)F)c2)c1. The zero-order valence-corrected chi connectivity index (χ0v) is 17.0. The fourth-order valence-electron chi connectivity index (χ4n) is 2.84. The Morgan fingerprint density at radius 3 is 2.15 bits per heavy atom. The van der Waals surface area contributed by atoms with E-state index in [0.29, 0.717) is 0 Å². The number of nitrogens with one attached hydrogen (secondary N) is 2. The van der Waals surface area contributed by atoms with Gasteiger partial charge in [-0.3, -0.25) is 14.4 Å². The fourth-order valence-corrected chi connectivity index (χ4v) is 2.84. The number of nitrogens with two attached hydrogens (primary N) is 1. The van der Waals surface area contributed by atoms with Crippen molar-refractivity contribution in [2.75, 3.05) is 17.2 Å². The van der Waals surface area contributed by atoms with E-state index in [1.54, 1.807) is 12.1 Å². The first kappa shape index (κ1) is 23.3. The number of ether oxygens (including phenoxy) is 1. The maximum absolute atomic E-state index is 12.9. The van der Waals surface area contributed by atoms with Crippen LogP contribution in [0.25, 0.3) is 0 Å². The molecule has 170 valence electrons. The molecule has 0 fully saturated rings. The highest BCUT2D eigenvalue weighted by molar-refractivity contribution is 6.08. The zero-order valence-electron chi connectivity index (χ0n) is 17.0. The number of carbonyl (C=O) groups excluding carboxylic acids is 3. The zero-order chi connectivity index (χ0) is 24.0. The Morgan fingerprint density at radius 2 is 1.45 bits per heavy atom. The molecule has 0 aliphatic carbocycles. The van der Waals surface area contributed by atoms with Crippen LogP contribution in [0.5, 0.6) is 5.75 Å². The van der Waals surface area contributed by atoms with Gasteiger partial charge in [-0.2, -0.15) is 13.2 Å². The molecule has 3 rings (SSSR count). The van der Waals surface area contributed by atoms with Gasteiger partial charge < -0.3 is 21.1 Å². The van der Waals surface area contributed by atoms with Crippen LogP contribution in [-0.2, 0) is 11.0 Å². The van der Waals surface area contributed by atoms with Gasteiger partial charge in [-0.05, 0) is 48.5 Å². The van der Waals surface area contributed by atoms with Crippen molar-refractivity contribution in [3.05, 3.63) is 89.5 Å². The van der Waals surface area contributed by atoms with E-state index in [9.17, 15) is 27.6 Å². The van der Waals surface area contributed by atoms with E-state index < -0.39 is 36.1 Å². The third-order valence-corrected chi connectivity index (χ3v) is 4.33. The van der Waals surface area contributed by atoms with E-state index in [1.165, 1.54) is 48.5 Å². The predicted octanol–water partition coefficient (Wildman–Crippen LogP) is 4.07. The summed E-state index contributed by atoms with van der Waals surface area (Å²) in [5, 5.41) is 5.01. The van der Waals surface area contributed by atoms with E-state index >= 15 is 0 Å². The van der Waals surface area contributed by atoms with E-state index in [-0.39, 0.29) is 28.3 Å². The van der Waals surface area contributed by atoms with Gasteiger partial charge in [0.25, 0.3) is 17.7 Å². The molecular formula is C23H18F3N3O4. The van der Waals surface area contributed by atoms with E-state index in [1.807, 2.05) is 0 Å². The topological polar surface area (TPSA) is 111 Å². The van der Waals surface area contributed by atoms with Crippen LogP contribution in [0.15, 0.2) is 72.8 Å². The number of hydrogen-bond acceptors (Lipinski definition) is 4. The standard InChI is InChI=1S/C23H18F3N3O4/c24-23(25,26)15-6-4-8-17(12-15)28-21(31)14-5-3-7-16(11-14)29-22(32)18-9-1-2-10-19(18)33-13-20(27)30/h1-12H,13H2,(H2,27,30)(H,28,31)(H,29,32). The Bertz CT molecular complexity index is 1200. The summed E-state index contributed by atoms with van der Waals surface area (Å²) in [4.78, 5) is 36.1.